The second kappa shape index (κ2) is 8.54. The number of hydrogen-bond acceptors (Lipinski definition) is 6. The Morgan fingerprint density at radius 2 is 1.90 bits per heavy atom. The van der Waals surface area contributed by atoms with E-state index in [1.165, 1.54) is 5.56 Å². The summed E-state index contributed by atoms with van der Waals surface area (Å²) in [4.78, 5) is 14.2. The number of benzene rings is 1. The highest BCUT2D eigenvalue weighted by atomic mass is 32.2. The van der Waals surface area contributed by atoms with Crippen molar-refractivity contribution in [1.29, 1.82) is 0 Å². The van der Waals surface area contributed by atoms with Gasteiger partial charge in [0.2, 0.25) is 10.0 Å². The molecule has 1 aliphatic heterocycles. The van der Waals surface area contributed by atoms with Crippen LogP contribution in [0.15, 0.2) is 27.6 Å². The fourth-order valence-corrected chi connectivity index (χ4v) is 5.06. The monoisotopic (exact) mass is 421 g/mol. The molecular weight excluding hydrogens is 394 g/mol. The second-order valence-corrected chi connectivity index (χ2v) is 9.12. The summed E-state index contributed by atoms with van der Waals surface area (Å²) in [6.45, 7) is 8.12. The molecule has 1 saturated heterocycles. The number of piperidine rings is 1. The summed E-state index contributed by atoms with van der Waals surface area (Å²) in [5, 5.41) is 3.71. The van der Waals surface area contributed by atoms with E-state index >= 15 is 0 Å². The lowest BCUT2D eigenvalue weighted by Gasteiger charge is -2.32. The van der Waals surface area contributed by atoms with Crippen LogP contribution in [0.5, 0.6) is 5.75 Å². The van der Waals surface area contributed by atoms with Crippen LogP contribution in [0.3, 0.4) is 0 Å². The van der Waals surface area contributed by atoms with Gasteiger partial charge in [0.25, 0.3) is 5.91 Å². The van der Waals surface area contributed by atoms with Gasteiger partial charge in [0, 0.05) is 19.1 Å². The minimum atomic E-state index is -3.70. The molecule has 2 heterocycles. The van der Waals surface area contributed by atoms with Crippen LogP contribution in [0.1, 0.15) is 35.4 Å². The summed E-state index contributed by atoms with van der Waals surface area (Å²) < 4.78 is 38.5. The first-order valence-corrected chi connectivity index (χ1v) is 11.1. The summed E-state index contributed by atoms with van der Waals surface area (Å²) >= 11 is 0. The van der Waals surface area contributed by atoms with Crippen molar-refractivity contribution in [2.45, 2.75) is 51.5 Å². The van der Waals surface area contributed by atoms with Crippen LogP contribution in [0.2, 0.25) is 0 Å². The maximum Gasteiger partial charge on any atom is 0.260 e. The summed E-state index contributed by atoms with van der Waals surface area (Å²) in [5.74, 6) is 0.838. The Morgan fingerprint density at radius 1 is 1.21 bits per heavy atom. The molecular formula is C20H27N3O5S. The van der Waals surface area contributed by atoms with Gasteiger partial charge >= 0.3 is 0 Å². The number of nitrogens with zero attached hydrogens (tertiary/aromatic N) is 2. The molecule has 0 atom stereocenters. The Kier molecular flexibility index (Phi) is 6.28. The first-order valence-electron chi connectivity index (χ1n) is 9.60. The molecule has 0 bridgehead atoms. The topological polar surface area (TPSA) is 102 Å². The van der Waals surface area contributed by atoms with Crippen molar-refractivity contribution < 1.29 is 22.5 Å². The standard InChI is InChI=1S/C20H27N3O5S/c1-13-5-6-18(11-14(13)2)27-12-19(24)23-9-7-17(8-10-23)22-29(25,26)20-15(3)21-28-16(20)4/h5-6,11,17,22H,7-10,12H2,1-4H3. The van der Waals surface area contributed by atoms with Gasteiger partial charge in [-0.2, -0.15) is 0 Å². The van der Waals surface area contributed by atoms with Crippen molar-refractivity contribution in [3.8, 4) is 5.75 Å². The zero-order chi connectivity index (χ0) is 21.2. The predicted molar refractivity (Wildman–Crippen MR) is 107 cm³/mol. The molecule has 8 nitrogen and oxygen atoms in total. The van der Waals surface area contributed by atoms with E-state index in [2.05, 4.69) is 9.88 Å². The number of nitrogens with one attached hydrogen (secondary N) is 1. The fraction of sp³-hybridized carbons (Fsp3) is 0.500. The van der Waals surface area contributed by atoms with E-state index in [4.69, 9.17) is 9.26 Å². The number of sulfonamides is 1. The lowest BCUT2D eigenvalue weighted by Crippen LogP contribution is -2.47. The number of likely N-dealkylation sites (tertiary alicyclic amines) is 1. The summed E-state index contributed by atoms with van der Waals surface area (Å²) in [6.07, 6.45) is 1.08. The van der Waals surface area contributed by atoms with Crippen LogP contribution in [0, 0.1) is 27.7 Å². The molecule has 0 radical (unpaired) electrons. The molecule has 0 saturated carbocycles. The molecule has 0 aliphatic carbocycles. The minimum absolute atomic E-state index is 0.0298. The van der Waals surface area contributed by atoms with Crippen LogP contribution in [-0.2, 0) is 14.8 Å². The number of carbonyl (C=O) groups is 1. The number of hydrogen-bond donors (Lipinski definition) is 1. The van der Waals surface area contributed by atoms with Gasteiger partial charge in [0.1, 0.15) is 16.3 Å². The quantitative estimate of drug-likeness (QED) is 0.768. The maximum atomic E-state index is 12.6. The number of aryl methyl sites for hydroxylation is 4. The third-order valence-electron chi connectivity index (χ3n) is 5.25. The fourth-order valence-electron chi connectivity index (χ4n) is 3.42. The van der Waals surface area contributed by atoms with Crippen molar-refractivity contribution >= 4 is 15.9 Å². The molecule has 158 valence electrons. The number of carbonyl (C=O) groups excluding carboxylic acids is 1. The SMILES string of the molecule is Cc1ccc(OCC(=O)N2CCC(NS(=O)(=O)c3c(C)noc3C)CC2)cc1C. The summed E-state index contributed by atoms with van der Waals surface area (Å²) in [5.41, 5.74) is 2.62. The number of amides is 1. The first-order chi connectivity index (χ1) is 13.7. The smallest absolute Gasteiger partial charge is 0.260 e. The van der Waals surface area contributed by atoms with Gasteiger partial charge in [0.15, 0.2) is 12.4 Å². The molecule has 1 fully saturated rings. The zero-order valence-electron chi connectivity index (χ0n) is 17.2. The number of ether oxygens (including phenoxy) is 1. The van der Waals surface area contributed by atoms with Gasteiger partial charge in [0.05, 0.1) is 0 Å². The lowest BCUT2D eigenvalue weighted by atomic mass is 10.1. The van der Waals surface area contributed by atoms with Crippen molar-refractivity contribution in [2.24, 2.45) is 0 Å². The largest absolute Gasteiger partial charge is 0.484 e. The Bertz CT molecular complexity index is 972. The number of aromatic nitrogens is 1. The molecule has 0 spiro atoms. The third kappa shape index (κ3) is 4.97. The van der Waals surface area contributed by atoms with Crippen LogP contribution >= 0.6 is 0 Å². The molecule has 0 unspecified atom stereocenters. The van der Waals surface area contributed by atoms with Crippen LogP contribution < -0.4 is 9.46 Å². The first kappa shape index (κ1) is 21.3. The van der Waals surface area contributed by atoms with Gasteiger partial charge in [-0.3, -0.25) is 4.79 Å². The van der Waals surface area contributed by atoms with Crippen molar-refractivity contribution in [3.63, 3.8) is 0 Å². The molecule has 1 aromatic heterocycles. The van der Waals surface area contributed by atoms with E-state index in [0.29, 0.717) is 37.4 Å². The average Bonchev–Trinajstić information content (AvgIpc) is 3.02. The molecule has 2 aromatic rings. The number of rotatable bonds is 6. The third-order valence-corrected chi connectivity index (χ3v) is 7.01. The van der Waals surface area contributed by atoms with E-state index in [1.807, 2.05) is 32.0 Å². The molecule has 1 aromatic carbocycles. The molecule has 3 rings (SSSR count). The van der Waals surface area contributed by atoms with E-state index < -0.39 is 10.0 Å². The Labute approximate surface area is 171 Å². The van der Waals surface area contributed by atoms with Gasteiger partial charge < -0.3 is 14.2 Å². The van der Waals surface area contributed by atoms with Crippen LogP contribution in [0.25, 0.3) is 0 Å². The van der Waals surface area contributed by atoms with Gasteiger partial charge in [-0.05, 0) is 63.8 Å². The van der Waals surface area contributed by atoms with E-state index in [-0.39, 0.29) is 29.2 Å². The zero-order valence-corrected chi connectivity index (χ0v) is 18.0. The van der Waals surface area contributed by atoms with Gasteiger partial charge in [-0.15, -0.1) is 0 Å². The molecule has 1 aliphatic rings. The second-order valence-electron chi connectivity index (χ2n) is 7.46. The van der Waals surface area contributed by atoms with E-state index in [1.54, 1.807) is 18.7 Å². The van der Waals surface area contributed by atoms with Gasteiger partial charge in [-0.25, -0.2) is 13.1 Å². The Hall–Kier alpha value is -2.39. The normalized spacial score (nSPS) is 15.5. The van der Waals surface area contributed by atoms with E-state index in [0.717, 1.165) is 5.56 Å². The van der Waals surface area contributed by atoms with Crippen molar-refractivity contribution in [3.05, 3.63) is 40.8 Å². The van der Waals surface area contributed by atoms with Crippen molar-refractivity contribution in [1.82, 2.24) is 14.8 Å². The highest BCUT2D eigenvalue weighted by Crippen LogP contribution is 2.21. The molecule has 1 amide bonds. The maximum absolute atomic E-state index is 12.6. The predicted octanol–water partition coefficient (Wildman–Crippen LogP) is 2.26. The Morgan fingerprint density at radius 3 is 2.48 bits per heavy atom. The van der Waals surface area contributed by atoms with Crippen LogP contribution in [-0.4, -0.2) is 50.1 Å². The molecule has 9 heteroatoms. The Balaban J connectivity index is 1.51. The highest BCUT2D eigenvalue weighted by molar-refractivity contribution is 7.89. The summed E-state index contributed by atoms with van der Waals surface area (Å²) in [6, 6.07) is 5.49. The molecule has 1 N–H and O–H groups in total. The highest BCUT2D eigenvalue weighted by Gasteiger charge is 2.30. The van der Waals surface area contributed by atoms with Crippen molar-refractivity contribution in [2.75, 3.05) is 19.7 Å². The van der Waals surface area contributed by atoms with Crippen LogP contribution in [0.4, 0.5) is 0 Å². The lowest BCUT2D eigenvalue weighted by molar-refractivity contribution is -0.134. The molecule has 29 heavy (non-hydrogen) atoms. The average molecular weight is 422 g/mol. The summed E-state index contributed by atoms with van der Waals surface area (Å²) in [7, 11) is -3.70. The van der Waals surface area contributed by atoms with E-state index in [9.17, 15) is 13.2 Å². The van der Waals surface area contributed by atoms with Gasteiger partial charge in [-0.1, -0.05) is 11.2 Å². The minimum Gasteiger partial charge on any atom is -0.484 e.